The fraction of sp³-hybridized carbons (Fsp3) is 0.600. The minimum absolute atomic E-state index is 0.0553. The number of nitrogens with two attached hydrogens (primary N) is 1. The van der Waals surface area contributed by atoms with Gasteiger partial charge in [0.1, 0.15) is 0 Å². The maximum atomic E-state index is 11.9. The molecule has 1 rings (SSSR count). The van der Waals surface area contributed by atoms with Gasteiger partial charge in [0, 0.05) is 24.7 Å². The van der Waals surface area contributed by atoms with Crippen molar-refractivity contribution in [3.8, 4) is 0 Å². The Balaban J connectivity index is 2.89. The molecule has 14 heavy (non-hydrogen) atoms. The molecule has 0 fully saturated rings. The van der Waals surface area contributed by atoms with E-state index in [1.54, 1.807) is 17.1 Å². The molecule has 0 saturated carbocycles. The molecule has 0 amide bonds. The number of rotatable bonds is 4. The largest absolute Gasteiger partial charge is 0.329 e. The minimum atomic E-state index is -0.498. The van der Waals surface area contributed by atoms with Crippen LogP contribution in [-0.2, 0) is 6.54 Å². The highest BCUT2D eigenvalue weighted by Crippen LogP contribution is 2.19. The number of nitrogens with zero attached hydrogens (tertiary/aromatic N) is 2. The fourth-order valence-electron chi connectivity index (χ4n) is 1.14. The molecular weight excluding hydrogens is 178 g/mol. The lowest BCUT2D eigenvalue weighted by atomic mass is 9.85. The first-order chi connectivity index (χ1) is 6.51. The lowest BCUT2D eigenvalue weighted by molar-refractivity contribution is 0.0847. The van der Waals surface area contributed by atoms with Crippen LogP contribution in [0.4, 0.5) is 0 Å². The van der Waals surface area contributed by atoms with Gasteiger partial charge in [0.05, 0.1) is 11.8 Å². The second-order valence-corrected chi connectivity index (χ2v) is 4.00. The van der Waals surface area contributed by atoms with Crippen LogP contribution in [0.2, 0.25) is 0 Å². The van der Waals surface area contributed by atoms with Crippen LogP contribution < -0.4 is 5.73 Å². The Hall–Kier alpha value is -1.16. The van der Waals surface area contributed by atoms with Gasteiger partial charge < -0.3 is 5.73 Å². The lowest BCUT2D eigenvalue weighted by Crippen LogP contribution is -2.32. The number of ketones is 1. The Labute approximate surface area is 84.1 Å². The van der Waals surface area contributed by atoms with Gasteiger partial charge in [-0.2, -0.15) is 5.10 Å². The van der Waals surface area contributed by atoms with E-state index in [2.05, 4.69) is 5.10 Å². The third-order valence-corrected chi connectivity index (χ3v) is 2.34. The molecule has 1 heterocycles. The van der Waals surface area contributed by atoms with Crippen molar-refractivity contribution in [2.75, 3.05) is 6.54 Å². The second-order valence-electron chi connectivity index (χ2n) is 4.00. The molecule has 0 atom stereocenters. The third kappa shape index (κ3) is 2.01. The molecule has 1 aromatic heterocycles. The molecule has 0 aromatic carbocycles. The van der Waals surface area contributed by atoms with Crippen LogP contribution in [-0.4, -0.2) is 22.1 Å². The van der Waals surface area contributed by atoms with E-state index in [1.807, 2.05) is 20.8 Å². The van der Waals surface area contributed by atoms with E-state index in [0.717, 1.165) is 6.54 Å². The van der Waals surface area contributed by atoms with Crippen molar-refractivity contribution >= 4 is 5.78 Å². The highest BCUT2D eigenvalue weighted by molar-refractivity contribution is 5.99. The first-order valence-electron chi connectivity index (χ1n) is 4.78. The predicted octanol–water partition coefficient (Wildman–Crippen LogP) is 1.07. The first-order valence-corrected chi connectivity index (χ1v) is 4.78. The molecule has 0 aliphatic heterocycles. The van der Waals surface area contributed by atoms with Crippen LogP contribution in [0.25, 0.3) is 0 Å². The summed E-state index contributed by atoms with van der Waals surface area (Å²) in [6.45, 7) is 6.80. The van der Waals surface area contributed by atoms with Gasteiger partial charge >= 0.3 is 0 Å². The monoisotopic (exact) mass is 195 g/mol. The zero-order valence-electron chi connectivity index (χ0n) is 8.95. The number of carbonyl (C=O) groups is 1. The minimum Gasteiger partial charge on any atom is -0.329 e. The van der Waals surface area contributed by atoms with Gasteiger partial charge in [-0.05, 0) is 6.92 Å². The molecule has 0 aliphatic rings. The zero-order valence-corrected chi connectivity index (χ0v) is 8.95. The molecule has 0 spiro atoms. The van der Waals surface area contributed by atoms with Crippen LogP contribution in [0.5, 0.6) is 0 Å². The van der Waals surface area contributed by atoms with Crippen LogP contribution >= 0.6 is 0 Å². The Morgan fingerprint density at radius 2 is 2.29 bits per heavy atom. The highest BCUT2D eigenvalue weighted by atomic mass is 16.1. The fourth-order valence-corrected chi connectivity index (χ4v) is 1.14. The van der Waals surface area contributed by atoms with Gasteiger partial charge in [0.2, 0.25) is 0 Å². The average molecular weight is 195 g/mol. The molecule has 0 bridgehead atoms. The lowest BCUT2D eigenvalue weighted by Gasteiger charge is -2.19. The van der Waals surface area contributed by atoms with Crippen LogP contribution in [0.15, 0.2) is 12.4 Å². The summed E-state index contributed by atoms with van der Waals surface area (Å²) in [7, 11) is 0. The summed E-state index contributed by atoms with van der Waals surface area (Å²) in [5.74, 6) is 0.0553. The van der Waals surface area contributed by atoms with Crippen molar-refractivity contribution in [1.29, 1.82) is 0 Å². The molecule has 2 N–H and O–H groups in total. The summed E-state index contributed by atoms with van der Waals surface area (Å²) < 4.78 is 1.74. The normalized spacial score (nSPS) is 11.7. The average Bonchev–Trinajstić information content (AvgIpc) is 2.64. The van der Waals surface area contributed by atoms with Crippen molar-refractivity contribution < 1.29 is 4.79 Å². The molecule has 78 valence electrons. The number of hydrogen-bond donors (Lipinski definition) is 1. The van der Waals surface area contributed by atoms with Crippen molar-refractivity contribution in [1.82, 2.24) is 9.78 Å². The van der Waals surface area contributed by atoms with Gasteiger partial charge in [-0.1, -0.05) is 13.8 Å². The van der Waals surface area contributed by atoms with Crippen molar-refractivity contribution in [2.45, 2.75) is 27.3 Å². The van der Waals surface area contributed by atoms with Crippen LogP contribution in [0.1, 0.15) is 31.1 Å². The number of aryl methyl sites for hydroxylation is 1. The molecule has 0 radical (unpaired) electrons. The van der Waals surface area contributed by atoms with E-state index < -0.39 is 5.41 Å². The van der Waals surface area contributed by atoms with E-state index in [9.17, 15) is 4.79 Å². The van der Waals surface area contributed by atoms with Crippen LogP contribution in [0.3, 0.4) is 0 Å². The number of hydrogen-bond acceptors (Lipinski definition) is 3. The van der Waals surface area contributed by atoms with E-state index in [1.165, 1.54) is 0 Å². The highest BCUT2D eigenvalue weighted by Gasteiger charge is 2.27. The summed E-state index contributed by atoms with van der Waals surface area (Å²) in [5, 5.41) is 4.06. The molecule has 0 aliphatic carbocycles. The number of aromatic nitrogens is 2. The first kappa shape index (κ1) is 10.9. The van der Waals surface area contributed by atoms with Gasteiger partial charge in [-0.3, -0.25) is 9.48 Å². The maximum Gasteiger partial charge on any atom is 0.172 e. The quantitative estimate of drug-likeness (QED) is 0.731. The van der Waals surface area contributed by atoms with Crippen molar-refractivity contribution in [3.05, 3.63) is 18.0 Å². The van der Waals surface area contributed by atoms with E-state index in [0.29, 0.717) is 12.1 Å². The summed E-state index contributed by atoms with van der Waals surface area (Å²) >= 11 is 0. The molecule has 4 heteroatoms. The summed E-state index contributed by atoms with van der Waals surface area (Å²) in [6, 6.07) is 0. The molecule has 1 aromatic rings. The molecule has 0 unspecified atom stereocenters. The van der Waals surface area contributed by atoms with Gasteiger partial charge in [0.15, 0.2) is 5.78 Å². The SMILES string of the molecule is CCn1cc(C(=O)C(C)(C)CN)cn1. The molecular formula is C10H17N3O. The summed E-state index contributed by atoms with van der Waals surface area (Å²) in [6.07, 6.45) is 3.36. The number of carbonyl (C=O) groups excluding carboxylic acids is 1. The van der Waals surface area contributed by atoms with Crippen LogP contribution in [0, 0.1) is 5.41 Å². The standard InChI is InChI=1S/C10H17N3O/c1-4-13-6-8(5-12-13)9(14)10(2,3)7-11/h5-6H,4,7,11H2,1-3H3. The Morgan fingerprint density at radius 1 is 1.64 bits per heavy atom. The predicted molar refractivity (Wildman–Crippen MR) is 55.1 cm³/mol. The smallest absolute Gasteiger partial charge is 0.172 e. The van der Waals surface area contributed by atoms with E-state index in [4.69, 9.17) is 5.73 Å². The third-order valence-electron chi connectivity index (χ3n) is 2.34. The molecule has 4 nitrogen and oxygen atoms in total. The summed E-state index contributed by atoms with van der Waals surface area (Å²) in [4.78, 5) is 11.9. The summed E-state index contributed by atoms with van der Waals surface area (Å²) in [5.41, 5.74) is 5.68. The Morgan fingerprint density at radius 3 is 2.71 bits per heavy atom. The zero-order chi connectivity index (χ0) is 10.8. The Bertz CT molecular complexity index is 328. The second kappa shape index (κ2) is 3.92. The topological polar surface area (TPSA) is 60.9 Å². The maximum absolute atomic E-state index is 11.9. The van der Waals surface area contributed by atoms with Crippen molar-refractivity contribution in [2.24, 2.45) is 11.1 Å². The van der Waals surface area contributed by atoms with E-state index >= 15 is 0 Å². The number of Topliss-reactive ketones (excluding diaryl/α,β-unsaturated/α-hetero) is 1. The van der Waals surface area contributed by atoms with Crippen molar-refractivity contribution in [3.63, 3.8) is 0 Å². The Kier molecular flexibility index (Phi) is 3.06. The van der Waals surface area contributed by atoms with Gasteiger partial charge in [0.25, 0.3) is 0 Å². The van der Waals surface area contributed by atoms with Gasteiger partial charge in [-0.25, -0.2) is 0 Å². The van der Waals surface area contributed by atoms with Gasteiger partial charge in [-0.15, -0.1) is 0 Å². The molecule has 0 saturated heterocycles. The van der Waals surface area contributed by atoms with E-state index in [-0.39, 0.29) is 5.78 Å².